The average Bonchev–Trinajstić information content (AvgIpc) is 3.11. The first kappa shape index (κ1) is 23.2. The minimum atomic E-state index is -0.552. The smallest absolute Gasteiger partial charge is 0.156 e. The number of carbonyl (C=O) groups excluding carboxylic acids is 2. The van der Waals surface area contributed by atoms with Gasteiger partial charge in [-0.05, 0) is 105 Å². The van der Waals surface area contributed by atoms with Crippen LogP contribution in [0.5, 0.6) is 0 Å². The topological polar surface area (TPSA) is 37.4 Å². The molecule has 4 aliphatic carbocycles. The predicted molar refractivity (Wildman–Crippen MR) is 138 cm³/mol. The lowest BCUT2D eigenvalue weighted by Crippen LogP contribution is -2.50. The molecule has 0 bridgehead atoms. The summed E-state index contributed by atoms with van der Waals surface area (Å²) in [6.45, 7) is 6.02. The lowest BCUT2D eigenvalue weighted by atomic mass is 9.48. The summed E-state index contributed by atoms with van der Waals surface area (Å²) in [4.78, 5) is 27.6. The molecule has 1 aromatic rings. The summed E-state index contributed by atoms with van der Waals surface area (Å²) in [5.41, 5.74) is 6.16. The van der Waals surface area contributed by atoms with E-state index in [1.165, 1.54) is 22.4 Å². The summed E-state index contributed by atoms with van der Waals surface area (Å²) < 4.78 is 0. The molecule has 0 aliphatic heterocycles. The Bertz CT molecular complexity index is 1160. The van der Waals surface area contributed by atoms with E-state index in [0.29, 0.717) is 18.3 Å². The van der Waals surface area contributed by atoms with Gasteiger partial charge in [0, 0.05) is 32.1 Å². The van der Waals surface area contributed by atoms with Gasteiger partial charge < -0.3 is 4.90 Å². The lowest BCUT2D eigenvalue weighted by molar-refractivity contribution is -0.130. The van der Waals surface area contributed by atoms with Crippen molar-refractivity contribution in [1.29, 1.82) is 0 Å². The Kier molecular flexibility index (Phi) is 5.63. The van der Waals surface area contributed by atoms with Crippen molar-refractivity contribution in [2.45, 2.75) is 71.6 Å². The number of allylic oxidation sites excluding steroid dienone is 4. The SMILES string of the molecule is CC#C[C@]1(C(C)=O)CCC2C3CCC4=CC(=O)CCC4=C3C(c3ccc(N(C)C)cc3)CC21C. The average molecular weight is 456 g/mol. The van der Waals surface area contributed by atoms with Gasteiger partial charge in [0.2, 0.25) is 0 Å². The Morgan fingerprint density at radius 1 is 1.09 bits per heavy atom. The van der Waals surface area contributed by atoms with E-state index >= 15 is 0 Å². The zero-order valence-electron chi connectivity index (χ0n) is 21.3. The van der Waals surface area contributed by atoms with Gasteiger partial charge in [0.25, 0.3) is 0 Å². The molecule has 0 aromatic heterocycles. The summed E-state index contributed by atoms with van der Waals surface area (Å²) in [7, 11) is 4.14. The fraction of sp³-hybridized carbons (Fsp3) is 0.548. The number of hydrogen-bond acceptors (Lipinski definition) is 3. The summed E-state index contributed by atoms with van der Waals surface area (Å²) in [5.74, 6) is 8.35. The van der Waals surface area contributed by atoms with E-state index in [4.69, 9.17) is 0 Å². The number of benzene rings is 1. The highest BCUT2D eigenvalue weighted by Crippen LogP contribution is 2.69. The molecule has 34 heavy (non-hydrogen) atoms. The molecular formula is C31H37NO2. The molecule has 0 saturated heterocycles. The van der Waals surface area contributed by atoms with Crippen LogP contribution in [0.15, 0.2) is 47.1 Å². The van der Waals surface area contributed by atoms with E-state index in [-0.39, 0.29) is 22.9 Å². The van der Waals surface area contributed by atoms with Crippen LogP contribution in [0.1, 0.15) is 77.2 Å². The molecule has 5 rings (SSSR count). The maximum absolute atomic E-state index is 13.2. The van der Waals surface area contributed by atoms with Gasteiger partial charge >= 0.3 is 0 Å². The molecule has 0 spiro atoms. The quantitative estimate of drug-likeness (QED) is 0.506. The number of nitrogens with zero attached hydrogens (tertiary/aromatic N) is 1. The van der Waals surface area contributed by atoms with Gasteiger partial charge in [0.1, 0.15) is 5.78 Å². The van der Waals surface area contributed by atoms with Gasteiger partial charge in [-0.2, -0.15) is 0 Å². The van der Waals surface area contributed by atoms with E-state index in [1.54, 1.807) is 12.5 Å². The fourth-order valence-corrected chi connectivity index (χ4v) is 8.08. The standard InChI is InChI=1S/C31H37NO2/c1-6-16-31(20(2)33)17-15-28-26-13-9-22-18-24(34)12-14-25(22)29(26)27(19-30(28,31)3)21-7-10-23(11-8-21)32(4)5/h7-8,10-11,18,26-28H,9,12-15,17,19H2,1-5H3/t26?,27?,28?,30?,31-/m1/s1. The van der Waals surface area contributed by atoms with Gasteiger partial charge in [0.05, 0.1) is 5.41 Å². The van der Waals surface area contributed by atoms with Gasteiger partial charge in [-0.15, -0.1) is 5.92 Å². The van der Waals surface area contributed by atoms with Crippen molar-refractivity contribution in [3.63, 3.8) is 0 Å². The fourth-order valence-electron chi connectivity index (χ4n) is 8.08. The Hall–Kier alpha value is -2.60. The second-order valence-electron chi connectivity index (χ2n) is 11.4. The van der Waals surface area contributed by atoms with Crippen molar-refractivity contribution in [2.75, 3.05) is 19.0 Å². The molecule has 5 atom stereocenters. The minimum Gasteiger partial charge on any atom is -0.378 e. The van der Waals surface area contributed by atoms with Crippen molar-refractivity contribution in [2.24, 2.45) is 22.7 Å². The van der Waals surface area contributed by atoms with Crippen molar-refractivity contribution in [1.82, 2.24) is 0 Å². The van der Waals surface area contributed by atoms with Crippen LogP contribution in [0.2, 0.25) is 0 Å². The third-order valence-electron chi connectivity index (χ3n) is 9.68. The summed E-state index contributed by atoms with van der Waals surface area (Å²) in [6.07, 6.45) is 8.38. The maximum atomic E-state index is 13.2. The van der Waals surface area contributed by atoms with Crippen LogP contribution < -0.4 is 4.90 Å². The zero-order valence-corrected chi connectivity index (χ0v) is 21.3. The van der Waals surface area contributed by atoms with Gasteiger partial charge in [-0.3, -0.25) is 9.59 Å². The first-order chi connectivity index (χ1) is 16.2. The molecule has 0 amide bonds. The number of hydrogen-bond donors (Lipinski definition) is 0. The first-order valence-corrected chi connectivity index (χ1v) is 12.9. The largest absolute Gasteiger partial charge is 0.378 e. The molecule has 0 N–H and O–H groups in total. The van der Waals surface area contributed by atoms with E-state index in [9.17, 15) is 9.59 Å². The molecule has 4 aliphatic rings. The minimum absolute atomic E-state index is 0.146. The first-order valence-electron chi connectivity index (χ1n) is 12.9. The van der Waals surface area contributed by atoms with E-state index in [0.717, 1.165) is 38.5 Å². The molecular weight excluding hydrogens is 418 g/mol. The normalized spacial score (nSPS) is 34.3. The second kappa shape index (κ2) is 8.26. The van der Waals surface area contributed by atoms with E-state index in [2.05, 4.69) is 62.0 Å². The van der Waals surface area contributed by atoms with Crippen molar-refractivity contribution >= 4 is 17.3 Å². The Balaban J connectivity index is 1.70. The number of rotatable bonds is 3. The van der Waals surface area contributed by atoms with Crippen LogP contribution in [0.25, 0.3) is 0 Å². The van der Waals surface area contributed by atoms with Crippen LogP contribution in [-0.2, 0) is 9.59 Å². The second-order valence-corrected chi connectivity index (χ2v) is 11.4. The zero-order chi connectivity index (χ0) is 24.3. The summed E-state index contributed by atoms with van der Waals surface area (Å²) >= 11 is 0. The van der Waals surface area contributed by atoms with Crippen LogP contribution in [0.3, 0.4) is 0 Å². The lowest BCUT2D eigenvalue weighted by Gasteiger charge is -2.54. The summed E-state index contributed by atoms with van der Waals surface area (Å²) in [5, 5.41) is 0. The van der Waals surface area contributed by atoms with E-state index < -0.39 is 5.41 Å². The molecule has 0 radical (unpaired) electrons. The van der Waals surface area contributed by atoms with Gasteiger partial charge in [0.15, 0.2) is 5.78 Å². The molecule has 2 saturated carbocycles. The van der Waals surface area contributed by atoms with Crippen LogP contribution in [0.4, 0.5) is 5.69 Å². The third kappa shape index (κ3) is 3.25. The molecule has 1 aromatic carbocycles. The van der Waals surface area contributed by atoms with Crippen molar-refractivity contribution < 1.29 is 9.59 Å². The molecule has 3 nitrogen and oxygen atoms in total. The van der Waals surface area contributed by atoms with Gasteiger partial charge in [-0.1, -0.05) is 30.6 Å². The number of carbonyl (C=O) groups is 2. The Morgan fingerprint density at radius 2 is 1.82 bits per heavy atom. The number of anilines is 1. The van der Waals surface area contributed by atoms with Gasteiger partial charge in [-0.25, -0.2) is 0 Å². The molecule has 0 heterocycles. The monoisotopic (exact) mass is 455 g/mol. The van der Waals surface area contributed by atoms with Crippen LogP contribution in [0, 0.1) is 34.5 Å². The number of fused-ring (bicyclic) bond motifs is 4. The highest BCUT2D eigenvalue weighted by atomic mass is 16.1. The number of Topliss-reactive ketones (excluding diaryl/α,β-unsaturated/α-hetero) is 1. The van der Waals surface area contributed by atoms with Crippen molar-refractivity contribution in [3.05, 3.63) is 52.6 Å². The van der Waals surface area contributed by atoms with Crippen LogP contribution >= 0.6 is 0 Å². The van der Waals surface area contributed by atoms with E-state index in [1.807, 2.05) is 13.0 Å². The maximum Gasteiger partial charge on any atom is 0.156 e. The highest BCUT2D eigenvalue weighted by molar-refractivity contribution is 5.93. The molecule has 4 unspecified atom stereocenters. The number of ketones is 2. The summed E-state index contributed by atoms with van der Waals surface area (Å²) in [6, 6.07) is 9.01. The molecule has 3 heteroatoms. The molecule has 178 valence electrons. The molecule has 2 fully saturated rings. The third-order valence-corrected chi connectivity index (χ3v) is 9.68. The highest BCUT2D eigenvalue weighted by Gasteiger charge is 2.64. The van der Waals surface area contributed by atoms with Crippen molar-refractivity contribution in [3.8, 4) is 11.8 Å². The van der Waals surface area contributed by atoms with Crippen LogP contribution in [-0.4, -0.2) is 25.7 Å². The predicted octanol–water partition coefficient (Wildman–Crippen LogP) is 6.25. The Morgan fingerprint density at radius 3 is 2.47 bits per heavy atom. The Labute approximate surface area is 204 Å².